The Labute approximate surface area is 160 Å². The van der Waals surface area contributed by atoms with Crippen LogP contribution in [0.4, 0.5) is 0 Å². The molecule has 1 heterocycles. The van der Waals surface area contributed by atoms with E-state index in [2.05, 4.69) is 41.9 Å². The first-order valence-corrected chi connectivity index (χ1v) is 9.49. The van der Waals surface area contributed by atoms with Gasteiger partial charge in [-0.15, -0.1) is 0 Å². The van der Waals surface area contributed by atoms with Gasteiger partial charge in [-0.3, -0.25) is 4.79 Å². The molecule has 2 aromatic carbocycles. The fraction of sp³-hybridized carbons (Fsp3) is 0.364. The van der Waals surface area contributed by atoms with Crippen LogP contribution < -0.4 is 10.1 Å². The fourth-order valence-electron chi connectivity index (χ4n) is 3.21. The Hall–Kier alpha value is -2.82. The van der Waals surface area contributed by atoms with Gasteiger partial charge >= 0.3 is 0 Å². The van der Waals surface area contributed by atoms with Gasteiger partial charge in [0.05, 0.1) is 24.1 Å². The number of aromatic nitrogens is 2. The van der Waals surface area contributed by atoms with Crippen LogP contribution in [0, 0.1) is 13.8 Å². The van der Waals surface area contributed by atoms with Crippen molar-refractivity contribution in [3.8, 4) is 5.75 Å². The van der Waals surface area contributed by atoms with E-state index in [1.807, 2.05) is 31.2 Å². The van der Waals surface area contributed by atoms with E-state index in [1.54, 1.807) is 0 Å². The minimum atomic E-state index is 0.0580. The first kappa shape index (κ1) is 19.0. The summed E-state index contributed by atoms with van der Waals surface area (Å²) in [6, 6.07) is 14.2. The highest BCUT2D eigenvalue weighted by molar-refractivity contribution is 5.77. The number of rotatable bonds is 8. The van der Waals surface area contributed by atoms with Crippen molar-refractivity contribution in [2.75, 3.05) is 6.61 Å². The second kappa shape index (κ2) is 8.71. The van der Waals surface area contributed by atoms with E-state index in [0.29, 0.717) is 26.1 Å². The molecule has 0 aliphatic rings. The molecule has 0 spiro atoms. The molecule has 1 N–H and O–H groups in total. The lowest BCUT2D eigenvalue weighted by Crippen LogP contribution is -2.24. The van der Waals surface area contributed by atoms with Gasteiger partial charge in [0, 0.05) is 6.42 Å². The number of aryl methyl sites for hydroxylation is 2. The Kier molecular flexibility index (Phi) is 6.12. The summed E-state index contributed by atoms with van der Waals surface area (Å²) in [6.45, 7) is 7.78. The number of fused-ring (bicyclic) bond motifs is 1. The van der Waals surface area contributed by atoms with Crippen LogP contribution in [0.2, 0.25) is 0 Å². The minimum Gasteiger partial charge on any atom is -0.491 e. The van der Waals surface area contributed by atoms with Crippen LogP contribution in [0.1, 0.15) is 36.7 Å². The first-order chi connectivity index (χ1) is 13.1. The number of amides is 1. The second-order valence-electron chi connectivity index (χ2n) is 6.81. The molecular formula is C22H27N3O2. The predicted octanol–water partition coefficient (Wildman–Crippen LogP) is 4.15. The number of carbonyl (C=O) groups is 1. The number of para-hydroxylation sites is 2. The molecule has 3 aromatic rings. The molecule has 0 saturated heterocycles. The SMILES string of the molecule is CCCC(=O)NCc1nc2ccccc2n1CCOc1ccc(C)cc1C. The average Bonchev–Trinajstić information content (AvgIpc) is 3.00. The number of imidazole rings is 1. The van der Waals surface area contributed by atoms with E-state index in [1.165, 1.54) is 5.56 Å². The molecule has 142 valence electrons. The fourth-order valence-corrected chi connectivity index (χ4v) is 3.21. The van der Waals surface area contributed by atoms with E-state index in [9.17, 15) is 4.79 Å². The van der Waals surface area contributed by atoms with Crippen LogP contribution in [0.15, 0.2) is 42.5 Å². The number of nitrogens with zero attached hydrogens (tertiary/aromatic N) is 2. The average molecular weight is 365 g/mol. The van der Waals surface area contributed by atoms with Crippen LogP contribution in [-0.4, -0.2) is 22.1 Å². The summed E-state index contributed by atoms with van der Waals surface area (Å²) < 4.78 is 8.13. The second-order valence-corrected chi connectivity index (χ2v) is 6.81. The van der Waals surface area contributed by atoms with Crippen LogP contribution in [0.5, 0.6) is 5.75 Å². The van der Waals surface area contributed by atoms with Gasteiger partial charge < -0.3 is 14.6 Å². The van der Waals surface area contributed by atoms with Gasteiger partial charge in [-0.25, -0.2) is 4.98 Å². The maximum absolute atomic E-state index is 11.8. The number of nitrogens with one attached hydrogen (secondary N) is 1. The molecule has 0 saturated carbocycles. The molecular weight excluding hydrogens is 338 g/mol. The molecule has 5 heteroatoms. The summed E-state index contributed by atoms with van der Waals surface area (Å²) in [5.74, 6) is 1.82. The van der Waals surface area contributed by atoms with Gasteiger partial charge in [-0.1, -0.05) is 36.8 Å². The zero-order valence-electron chi connectivity index (χ0n) is 16.3. The van der Waals surface area contributed by atoms with Gasteiger partial charge in [0.1, 0.15) is 18.2 Å². The topological polar surface area (TPSA) is 56.2 Å². The van der Waals surface area contributed by atoms with Crippen LogP contribution in [0.25, 0.3) is 11.0 Å². The highest BCUT2D eigenvalue weighted by Crippen LogP contribution is 2.20. The number of ether oxygens (including phenoxy) is 1. The summed E-state index contributed by atoms with van der Waals surface area (Å²) in [5, 5.41) is 2.96. The third-order valence-corrected chi connectivity index (χ3v) is 4.56. The highest BCUT2D eigenvalue weighted by Gasteiger charge is 2.12. The smallest absolute Gasteiger partial charge is 0.220 e. The lowest BCUT2D eigenvalue weighted by molar-refractivity contribution is -0.121. The zero-order chi connectivity index (χ0) is 19.2. The molecule has 5 nitrogen and oxygen atoms in total. The van der Waals surface area contributed by atoms with Gasteiger partial charge in [0.2, 0.25) is 5.91 Å². The van der Waals surface area contributed by atoms with E-state index in [4.69, 9.17) is 9.72 Å². The van der Waals surface area contributed by atoms with Crippen LogP contribution >= 0.6 is 0 Å². The number of hydrogen-bond acceptors (Lipinski definition) is 3. The molecule has 0 fully saturated rings. The molecule has 0 bridgehead atoms. The molecule has 0 unspecified atom stereocenters. The van der Waals surface area contributed by atoms with Crippen LogP contribution in [-0.2, 0) is 17.9 Å². The van der Waals surface area contributed by atoms with Crippen molar-refractivity contribution >= 4 is 16.9 Å². The third-order valence-electron chi connectivity index (χ3n) is 4.56. The summed E-state index contributed by atoms with van der Waals surface area (Å²) in [7, 11) is 0. The van der Waals surface area contributed by atoms with Crippen molar-refractivity contribution in [3.05, 3.63) is 59.4 Å². The summed E-state index contributed by atoms with van der Waals surface area (Å²) in [6.07, 6.45) is 1.38. The predicted molar refractivity (Wildman–Crippen MR) is 108 cm³/mol. The normalized spacial score (nSPS) is 10.9. The molecule has 1 aromatic heterocycles. The molecule has 0 radical (unpaired) electrons. The lowest BCUT2D eigenvalue weighted by Gasteiger charge is -2.13. The maximum Gasteiger partial charge on any atom is 0.220 e. The van der Waals surface area contributed by atoms with Crippen molar-refractivity contribution in [2.45, 2.75) is 46.7 Å². The molecule has 0 atom stereocenters. The lowest BCUT2D eigenvalue weighted by atomic mass is 10.1. The summed E-state index contributed by atoms with van der Waals surface area (Å²) in [5.41, 5.74) is 4.35. The molecule has 0 aliphatic carbocycles. The van der Waals surface area contributed by atoms with Gasteiger partial charge in [-0.2, -0.15) is 0 Å². The van der Waals surface area contributed by atoms with Crippen molar-refractivity contribution in [2.24, 2.45) is 0 Å². The third kappa shape index (κ3) is 4.67. The number of benzene rings is 2. The maximum atomic E-state index is 11.8. The Morgan fingerprint density at radius 1 is 1.19 bits per heavy atom. The van der Waals surface area contributed by atoms with Gasteiger partial charge in [-0.05, 0) is 44.0 Å². The summed E-state index contributed by atoms with van der Waals surface area (Å²) in [4.78, 5) is 16.5. The molecule has 0 aliphatic heterocycles. The van der Waals surface area contributed by atoms with Gasteiger partial charge in [0.25, 0.3) is 0 Å². The Morgan fingerprint density at radius 3 is 2.78 bits per heavy atom. The van der Waals surface area contributed by atoms with Crippen molar-refractivity contribution in [3.63, 3.8) is 0 Å². The van der Waals surface area contributed by atoms with Crippen molar-refractivity contribution < 1.29 is 9.53 Å². The molecule has 27 heavy (non-hydrogen) atoms. The molecule has 1 amide bonds. The van der Waals surface area contributed by atoms with Crippen molar-refractivity contribution in [1.29, 1.82) is 0 Å². The van der Waals surface area contributed by atoms with Crippen LogP contribution in [0.3, 0.4) is 0 Å². The minimum absolute atomic E-state index is 0.0580. The standard InChI is InChI=1S/C22H27N3O2/c1-4-7-22(26)23-15-21-24-18-8-5-6-9-19(18)25(21)12-13-27-20-11-10-16(2)14-17(20)3/h5-6,8-11,14H,4,7,12-13,15H2,1-3H3,(H,23,26). The number of hydrogen-bond donors (Lipinski definition) is 1. The van der Waals surface area contributed by atoms with E-state index in [0.717, 1.165) is 34.6 Å². The largest absolute Gasteiger partial charge is 0.491 e. The first-order valence-electron chi connectivity index (χ1n) is 9.49. The highest BCUT2D eigenvalue weighted by atomic mass is 16.5. The Balaban J connectivity index is 1.73. The van der Waals surface area contributed by atoms with E-state index < -0.39 is 0 Å². The van der Waals surface area contributed by atoms with Crippen molar-refractivity contribution in [1.82, 2.24) is 14.9 Å². The monoisotopic (exact) mass is 365 g/mol. The van der Waals surface area contributed by atoms with E-state index >= 15 is 0 Å². The Bertz CT molecular complexity index is 930. The number of carbonyl (C=O) groups excluding carboxylic acids is 1. The van der Waals surface area contributed by atoms with E-state index in [-0.39, 0.29) is 5.91 Å². The molecule has 3 rings (SSSR count). The zero-order valence-corrected chi connectivity index (χ0v) is 16.3. The Morgan fingerprint density at radius 2 is 2.00 bits per heavy atom. The van der Waals surface area contributed by atoms with Gasteiger partial charge in [0.15, 0.2) is 0 Å². The quantitative estimate of drug-likeness (QED) is 0.652. The summed E-state index contributed by atoms with van der Waals surface area (Å²) >= 11 is 0.